The summed E-state index contributed by atoms with van der Waals surface area (Å²) < 4.78 is 19.5. The number of amides is 2. The highest BCUT2D eigenvalue weighted by atomic mass is 19.1. The summed E-state index contributed by atoms with van der Waals surface area (Å²) >= 11 is 0. The number of aryl methyl sites for hydroxylation is 1. The summed E-state index contributed by atoms with van der Waals surface area (Å²) in [5, 5.41) is 3.04. The van der Waals surface area contributed by atoms with Crippen LogP contribution in [0.3, 0.4) is 0 Å². The lowest BCUT2D eigenvalue weighted by atomic mass is 10.0. The van der Waals surface area contributed by atoms with Crippen LogP contribution in [0.1, 0.15) is 42.5 Å². The van der Waals surface area contributed by atoms with Crippen molar-refractivity contribution in [3.8, 4) is 5.75 Å². The van der Waals surface area contributed by atoms with Crippen LogP contribution >= 0.6 is 0 Å². The molecule has 190 valence electrons. The summed E-state index contributed by atoms with van der Waals surface area (Å²) in [6.45, 7) is 7.81. The zero-order chi connectivity index (χ0) is 26.1. The third-order valence-electron chi connectivity index (χ3n) is 6.44. The fourth-order valence-corrected chi connectivity index (χ4v) is 3.88. The fourth-order valence-electron chi connectivity index (χ4n) is 3.88. The Morgan fingerprint density at radius 1 is 0.944 bits per heavy atom. The van der Waals surface area contributed by atoms with Gasteiger partial charge in [0, 0.05) is 19.0 Å². The van der Waals surface area contributed by atoms with Gasteiger partial charge in [0.2, 0.25) is 5.91 Å². The van der Waals surface area contributed by atoms with Gasteiger partial charge in [0.1, 0.15) is 17.6 Å². The molecule has 0 radical (unpaired) electrons. The van der Waals surface area contributed by atoms with Crippen LogP contribution in [0.2, 0.25) is 0 Å². The van der Waals surface area contributed by atoms with E-state index in [4.69, 9.17) is 4.74 Å². The van der Waals surface area contributed by atoms with E-state index in [-0.39, 0.29) is 36.8 Å². The second-order valence-corrected chi connectivity index (χ2v) is 9.16. The summed E-state index contributed by atoms with van der Waals surface area (Å²) in [6.07, 6.45) is 1.12. The Bertz CT molecular complexity index is 1150. The maximum Gasteiger partial charge on any atom is 0.261 e. The summed E-state index contributed by atoms with van der Waals surface area (Å²) in [5.74, 6) is -0.269. The number of rotatable bonds is 11. The molecule has 0 saturated heterocycles. The first-order valence-corrected chi connectivity index (χ1v) is 12.4. The van der Waals surface area contributed by atoms with Gasteiger partial charge in [0.25, 0.3) is 5.91 Å². The van der Waals surface area contributed by atoms with Gasteiger partial charge in [-0.2, -0.15) is 0 Å². The number of benzene rings is 3. The molecule has 3 aromatic rings. The molecule has 0 fully saturated rings. The van der Waals surface area contributed by atoms with Crippen molar-refractivity contribution in [2.24, 2.45) is 0 Å². The van der Waals surface area contributed by atoms with Crippen molar-refractivity contribution in [1.82, 2.24) is 10.2 Å². The quantitative estimate of drug-likeness (QED) is 0.393. The van der Waals surface area contributed by atoms with Crippen LogP contribution in [-0.4, -0.2) is 35.4 Å². The lowest BCUT2D eigenvalue weighted by Gasteiger charge is -2.32. The van der Waals surface area contributed by atoms with Crippen LogP contribution in [0, 0.1) is 19.7 Å². The minimum Gasteiger partial charge on any atom is -0.483 e. The molecule has 0 aromatic heterocycles. The maximum absolute atomic E-state index is 13.6. The molecule has 0 heterocycles. The van der Waals surface area contributed by atoms with Crippen molar-refractivity contribution in [1.29, 1.82) is 0 Å². The zero-order valence-electron chi connectivity index (χ0n) is 21.5. The van der Waals surface area contributed by atoms with Crippen molar-refractivity contribution < 1.29 is 18.7 Å². The molecule has 0 unspecified atom stereocenters. The minimum absolute atomic E-state index is 0.0373. The molecule has 1 N–H and O–H groups in total. The monoisotopic (exact) mass is 490 g/mol. The van der Waals surface area contributed by atoms with Gasteiger partial charge < -0.3 is 15.0 Å². The van der Waals surface area contributed by atoms with Gasteiger partial charge in [0.15, 0.2) is 6.61 Å². The molecular weight excluding hydrogens is 455 g/mol. The number of nitrogens with one attached hydrogen (secondary N) is 1. The Labute approximate surface area is 213 Å². The van der Waals surface area contributed by atoms with Crippen LogP contribution in [0.15, 0.2) is 72.8 Å². The lowest BCUT2D eigenvalue weighted by molar-refractivity contribution is -0.143. The van der Waals surface area contributed by atoms with E-state index in [0.29, 0.717) is 12.2 Å². The molecule has 2 atom stereocenters. The first-order chi connectivity index (χ1) is 17.3. The van der Waals surface area contributed by atoms with E-state index in [1.54, 1.807) is 17.0 Å². The van der Waals surface area contributed by atoms with E-state index in [1.165, 1.54) is 12.1 Å². The molecule has 5 nitrogen and oxygen atoms in total. The summed E-state index contributed by atoms with van der Waals surface area (Å²) in [7, 11) is 0. The summed E-state index contributed by atoms with van der Waals surface area (Å²) in [6, 6.07) is 20.5. The van der Waals surface area contributed by atoms with E-state index in [9.17, 15) is 14.0 Å². The normalized spacial score (nSPS) is 12.5. The standard InChI is InChI=1S/C30H35FN2O3/c1-5-22(3)32-30(35)27(18-24-11-7-6-8-12-24)33(19-25-14-16-26(31)17-15-25)29(34)20-36-28-13-9-10-21(2)23(28)4/h6-17,22,27H,5,18-20H2,1-4H3,(H,32,35)/t22-,27-/m0/s1. The van der Waals surface area contributed by atoms with Crippen LogP contribution in [0.25, 0.3) is 0 Å². The Kier molecular flexibility index (Phi) is 9.62. The van der Waals surface area contributed by atoms with Crippen molar-refractivity contribution in [2.75, 3.05) is 6.61 Å². The molecule has 0 aliphatic heterocycles. The van der Waals surface area contributed by atoms with E-state index in [2.05, 4.69) is 5.32 Å². The average molecular weight is 491 g/mol. The number of carbonyl (C=O) groups excluding carboxylic acids is 2. The van der Waals surface area contributed by atoms with Gasteiger partial charge in [-0.3, -0.25) is 9.59 Å². The Hall–Kier alpha value is -3.67. The van der Waals surface area contributed by atoms with Crippen LogP contribution in [0.4, 0.5) is 4.39 Å². The molecule has 0 saturated carbocycles. The minimum atomic E-state index is -0.763. The first kappa shape index (κ1) is 26.9. The van der Waals surface area contributed by atoms with Crippen LogP contribution in [-0.2, 0) is 22.6 Å². The summed E-state index contributed by atoms with van der Waals surface area (Å²) in [5.41, 5.74) is 3.70. The van der Waals surface area contributed by atoms with Crippen LogP contribution < -0.4 is 10.1 Å². The molecule has 0 spiro atoms. The molecule has 3 aromatic carbocycles. The van der Waals surface area contributed by atoms with E-state index in [1.807, 2.05) is 76.2 Å². The van der Waals surface area contributed by atoms with Gasteiger partial charge in [-0.25, -0.2) is 4.39 Å². The second kappa shape index (κ2) is 12.9. The molecule has 0 bridgehead atoms. The second-order valence-electron chi connectivity index (χ2n) is 9.16. The van der Waals surface area contributed by atoms with Gasteiger partial charge >= 0.3 is 0 Å². The van der Waals surface area contributed by atoms with Gasteiger partial charge in [-0.05, 0) is 67.6 Å². The predicted octanol–water partition coefficient (Wildman–Crippen LogP) is 5.38. The first-order valence-electron chi connectivity index (χ1n) is 12.4. The molecule has 0 aliphatic carbocycles. The highest BCUT2D eigenvalue weighted by Gasteiger charge is 2.31. The Morgan fingerprint density at radius 3 is 2.31 bits per heavy atom. The van der Waals surface area contributed by atoms with Gasteiger partial charge in [-0.15, -0.1) is 0 Å². The summed E-state index contributed by atoms with van der Waals surface area (Å²) in [4.78, 5) is 28.6. The maximum atomic E-state index is 13.6. The molecule has 6 heteroatoms. The topological polar surface area (TPSA) is 58.6 Å². The van der Waals surface area contributed by atoms with E-state index >= 15 is 0 Å². The fraction of sp³-hybridized carbons (Fsp3) is 0.333. The SMILES string of the molecule is CC[C@H](C)NC(=O)[C@H](Cc1ccccc1)N(Cc1ccc(F)cc1)C(=O)COc1cccc(C)c1C. The average Bonchev–Trinajstić information content (AvgIpc) is 2.88. The van der Waals surface area contributed by atoms with Crippen molar-refractivity contribution in [3.63, 3.8) is 0 Å². The smallest absolute Gasteiger partial charge is 0.261 e. The zero-order valence-corrected chi connectivity index (χ0v) is 21.5. The number of ether oxygens (including phenoxy) is 1. The van der Waals surface area contributed by atoms with Gasteiger partial charge in [0.05, 0.1) is 0 Å². The number of nitrogens with zero attached hydrogens (tertiary/aromatic N) is 1. The van der Waals surface area contributed by atoms with E-state index < -0.39 is 6.04 Å². The largest absolute Gasteiger partial charge is 0.483 e. The highest BCUT2D eigenvalue weighted by Crippen LogP contribution is 2.21. The third kappa shape index (κ3) is 7.41. The highest BCUT2D eigenvalue weighted by molar-refractivity contribution is 5.88. The Morgan fingerprint density at radius 2 is 1.64 bits per heavy atom. The molecule has 3 rings (SSSR count). The predicted molar refractivity (Wildman–Crippen MR) is 140 cm³/mol. The van der Waals surface area contributed by atoms with Crippen molar-refractivity contribution >= 4 is 11.8 Å². The molecule has 0 aliphatic rings. The number of hydrogen-bond acceptors (Lipinski definition) is 3. The van der Waals surface area contributed by atoms with Crippen LogP contribution in [0.5, 0.6) is 5.75 Å². The molecular formula is C30H35FN2O3. The van der Waals surface area contributed by atoms with E-state index in [0.717, 1.165) is 28.7 Å². The van der Waals surface area contributed by atoms with Gasteiger partial charge in [-0.1, -0.05) is 61.5 Å². The Balaban J connectivity index is 1.92. The molecule has 36 heavy (non-hydrogen) atoms. The van der Waals surface area contributed by atoms with Crippen molar-refractivity contribution in [2.45, 2.75) is 59.2 Å². The molecule has 2 amide bonds. The lowest BCUT2D eigenvalue weighted by Crippen LogP contribution is -2.53. The number of carbonyl (C=O) groups is 2. The number of hydrogen-bond donors (Lipinski definition) is 1. The van der Waals surface area contributed by atoms with Crippen molar-refractivity contribution in [3.05, 3.63) is 101 Å². The third-order valence-corrected chi connectivity index (χ3v) is 6.44. The number of halogens is 1.